The van der Waals surface area contributed by atoms with Crippen molar-refractivity contribution in [1.82, 2.24) is 0 Å². The van der Waals surface area contributed by atoms with Crippen molar-refractivity contribution >= 4 is 0 Å². The van der Waals surface area contributed by atoms with E-state index < -0.39 is 30.5 Å². The standard InChI is InChI=1S/C7H11NO4/c1-4-6(10)7(11,3-8)5(2-9)12-4/h4-6,9-11H,2H2,1H3/t4-,5+,6?,7?/m0/s1. The van der Waals surface area contributed by atoms with Crippen molar-refractivity contribution in [3.8, 4) is 6.07 Å². The molecule has 68 valence electrons. The number of aliphatic hydroxyl groups excluding tert-OH is 2. The molecule has 0 spiro atoms. The second-order valence-electron chi connectivity index (χ2n) is 2.89. The van der Waals surface area contributed by atoms with Gasteiger partial charge < -0.3 is 20.1 Å². The van der Waals surface area contributed by atoms with Gasteiger partial charge in [0, 0.05) is 0 Å². The Hall–Kier alpha value is -0.670. The summed E-state index contributed by atoms with van der Waals surface area (Å²) in [6.07, 6.45) is -2.92. The maximum absolute atomic E-state index is 9.50. The van der Waals surface area contributed by atoms with Crippen molar-refractivity contribution in [2.75, 3.05) is 6.61 Å². The third-order valence-electron chi connectivity index (χ3n) is 2.11. The highest BCUT2D eigenvalue weighted by Gasteiger charge is 2.54. The van der Waals surface area contributed by atoms with Gasteiger partial charge in [-0.15, -0.1) is 0 Å². The highest BCUT2D eigenvalue weighted by Crippen LogP contribution is 2.30. The lowest BCUT2D eigenvalue weighted by Crippen LogP contribution is -2.47. The summed E-state index contributed by atoms with van der Waals surface area (Å²) in [7, 11) is 0. The third kappa shape index (κ3) is 1.09. The van der Waals surface area contributed by atoms with Crippen molar-refractivity contribution in [2.45, 2.75) is 30.8 Å². The lowest BCUT2D eigenvalue weighted by molar-refractivity contribution is -0.0542. The van der Waals surface area contributed by atoms with Crippen LogP contribution in [0.1, 0.15) is 6.92 Å². The van der Waals surface area contributed by atoms with Gasteiger partial charge in [0.2, 0.25) is 5.60 Å². The second kappa shape index (κ2) is 2.99. The van der Waals surface area contributed by atoms with Crippen molar-refractivity contribution < 1.29 is 20.1 Å². The molecule has 1 fully saturated rings. The van der Waals surface area contributed by atoms with Crippen molar-refractivity contribution in [2.24, 2.45) is 0 Å². The van der Waals surface area contributed by atoms with Gasteiger partial charge in [-0.3, -0.25) is 0 Å². The Kier molecular flexibility index (Phi) is 2.35. The van der Waals surface area contributed by atoms with Crippen LogP contribution in [0, 0.1) is 11.3 Å². The Balaban J connectivity index is 2.89. The highest BCUT2D eigenvalue weighted by molar-refractivity contribution is 5.15. The highest BCUT2D eigenvalue weighted by atomic mass is 16.6. The number of aliphatic hydroxyl groups is 3. The van der Waals surface area contributed by atoms with Gasteiger partial charge in [-0.05, 0) is 6.92 Å². The first-order valence-electron chi connectivity index (χ1n) is 3.64. The summed E-state index contributed by atoms with van der Waals surface area (Å²) in [4.78, 5) is 0. The molecule has 5 nitrogen and oxygen atoms in total. The molecule has 2 unspecified atom stereocenters. The normalized spacial score (nSPS) is 47.4. The fourth-order valence-electron chi connectivity index (χ4n) is 1.31. The molecule has 12 heavy (non-hydrogen) atoms. The van der Waals surface area contributed by atoms with Gasteiger partial charge in [0.15, 0.2) is 0 Å². The Morgan fingerprint density at radius 2 is 2.25 bits per heavy atom. The van der Waals surface area contributed by atoms with Gasteiger partial charge in [-0.1, -0.05) is 0 Å². The largest absolute Gasteiger partial charge is 0.394 e. The first kappa shape index (κ1) is 9.42. The summed E-state index contributed by atoms with van der Waals surface area (Å²) in [6, 6.07) is 1.54. The number of hydrogen-bond donors (Lipinski definition) is 3. The molecule has 0 aromatic rings. The van der Waals surface area contributed by atoms with E-state index in [2.05, 4.69) is 0 Å². The molecule has 0 aromatic carbocycles. The molecular formula is C7H11NO4. The number of nitriles is 1. The fourth-order valence-corrected chi connectivity index (χ4v) is 1.31. The molecule has 1 rings (SSSR count). The average Bonchev–Trinajstić information content (AvgIpc) is 2.30. The van der Waals surface area contributed by atoms with Gasteiger partial charge in [0.1, 0.15) is 18.3 Å². The van der Waals surface area contributed by atoms with Gasteiger partial charge in [0.25, 0.3) is 0 Å². The summed E-state index contributed by atoms with van der Waals surface area (Å²) in [6.45, 7) is 1.05. The minimum absolute atomic E-state index is 0.481. The maximum Gasteiger partial charge on any atom is 0.208 e. The summed E-state index contributed by atoms with van der Waals surface area (Å²) >= 11 is 0. The van der Waals surface area contributed by atoms with Gasteiger partial charge in [-0.2, -0.15) is 5.26 Å². The first-order chi connectivity index (χ1) is 5.56. The molecule has 0 amide bonds. The van der Waals surface area contributed by atoms with Crippen molar-refractivity contribution in [1.29, 1.82) is 5.26 Å². The molecule has 1 heterocycles. The van der Waals surface area contributed by atoms with Gasteiger partial charge in [0.05, 0.1) is 12.7 Å². The van der Waals surface area contributed by atoms with E-state index >= 15 is 0 Å². The first-order valence-corrected chi connectivity index (χ1v) is 3.64. The molecule has 1 aliphatic rings. The van der Waals surface area contributed by atoms with Crippen LogP contribution < -0.4 is 0 Å². The van der Waals surface area contributed by atoms with Crippen LogP contribution in [0.25, 0.3) is 0 Å². The van der Waals surface area contributed by atoms with Crippen LogP contribution in [0.5, 0.6) is 0 Å². The Morgan fingerprint density at radius 3 is 2.58 bits per heavy atom. The molecule has 0 saturated carbocycles. The maximum atomic E-state index is 9.50. The third-order valence-corrected chi connectivity index (χ3v) is 2.11. The smallest absolute Gasteiger partial charge is 0.208 e. The Morgan fingerprint density at radius 1 is 1.67 bits per heavy atom. The zero-order valence-electron chi connectivity index (χ0n) is 6.64. The number of ether oxygens (including phenoxy) is 1. The number of nitrogens with zero attached hydrogens (tertiary/aromatic N) is 1. The quantitative estimate of drug-likeness (QED) is 0.414. The molecule has 4 atom stereocenters. The Bertz CT molecular complexity index is 214. The summed E-state index contributed by atoms with van der Waals surface area (Å²) in [5.41, 5.74) is -1.98. The lowest BCUT2D eigenvalue weighted by atomic mass is 9.93. The van der Waals surface area contributed by atoms with Crippen molar-refractivity contribution in [3.63, 3.8) is 0 Å². The minimum atomic E-state index is -1.98. The predicted octanol–water partition coefficient (Wildman–Crippen LogP) is -1.62. The van der Waals surface area contributed by atoms with E-state index in [1.807, 2.05) is 0 Å². The SMILES string of the molecule is C[C@@H]1O[C@H](CO)C(O)(C#N)C1O. The van der Waals surface area contributed by atoms with Crippen LogP contribution >= 0.6 is 0 Å². The monoisotopic (exact) mass is 173 g/mol. The molecule has 0 aliphatic carbocycles. The Labute approximate surface area is 69.8 Å². The number of rotatable bonds is 1. The fraction of sp³-hybridized carbons (Fsp3) is 0.857. The average molecular weight is 173 g/mol. The molecule has 0 radical (unpaired) electrons. The molecule has 1 aliphatic heterocycles. The zero-order chi connectivity index (χ0) is 9.35. The second-order valence-corrected chi connectivity index (χ2v) is 2.89. The van der Waals surface area contributed by atoms with Crippen LogP contribution in [0.3, 0.4) is 0 Å². The summed E-state index contributed by atoms with van der Waals surface area (Å²) in [5.74, 6) is 0. The van der Waals surface area contributed by atoms with Crippen LogP contribution in [0.2, 0.25) is 0 Å². The van der Waals surface area contributed by atoms with Gasteiger partial charge in [-0.25, -0.2) is 0 Å². The summed E-state index contributed by atoms with van der Waals surface area (Å²) in [5, 5.41) is 36.1. The van der Waals surface area contributed by atoms with E-state index in [9.17, 15) is 10.2 Å². The predicted molar refractivity (Wildman–Crippen MR) is 38.0 cm³/mol. The van der Waals surface area contributed by atoms with Crippen LogP contribution in [0.15, 0.2) is 0 Å². The molecule has 3 N–H and O–H groups in total. The molecule has 0 aromatic heterocycles. The lowest BCUT2D eigenvalue weighted by Gasteiger charge is -2.21. The van der Waals surface area contributed by atoms with E-state index in [0.29, 0.717) is 0 Å². The van der Waals surface area contributed by atoms with Crippen LogP contribution in [-0.4, -0.2) is 45.8 Å². The van der Waals surface area contributed by atoms with E-state index in [1.165, 1.54) is 6.92 Å². The van der Waals surface area contributed by atoms with E-state index in [1.54, 1.807) is 6.07 Å². The van der Waals surface area contributed by atoms with E-state index in [4.69, 9.17) is 15.1 Å². The molecule has 5 heteroatoms. The van der Waals surface area contributed by atoms with Crippen LogP contribution in [0.4, 0.5) is 0 Å². The number of hydrogen-bond acceptors (Lipinski definition) is 5. The molecule has 1 saturated heterocycles. The molecule has 0 bridgehead atoms. The summed E-state index contributed by atoms with van der Waals surface area (Å²) < 4.78 is 4.96. The zero-order valence-corrected chi connectivity index (χ0v) is 6.64. The van der Waals surface area contributed by atoms with Gasteiger partial charge >= 0.3 is 0 Å². The van der Waals surface area contributed by atoms with Crippen molar-refractivity contribution in [3.05, 3.63) is 0 Å². The molecular weight excluding hydrogens is 162 g/mol. The van der Waals surface area contributed by atoms with E-state index in [-0.39, 0.29) is 0 Å². The topological polar surface area (TPSA) is 93.7 Å². The minimum Gasteiger partial charge on any atom is -0.394 e. The van der Waals surface area contributed by atoms with E-state index in [0.717, 1.165) is 0 Å². The van der Waals surface area contributed by atoms with Crippen LogP contribution in [-0.2, 0) is 4.74 Å².